The van der Waals surface area contributed by atoms with Crippen LogP contribution in [0, 0.1) is 11.7 Å². The smallest absolute Gasteiger partial charge is 0.227 e. The highest BCUT2D eigenvalue weighted by atomic mass is 32.2. The van der Waals surface area contributed by atoms with Crippen molar-refractivity contribution in [1.82, 2.24) is 0 Å². The molecule has 0 radical (unpaired) electrons. The Hall–Kier alpha value is -2.14. The zero-order valence-corrected chi connectivity index (χ0v) is 15.4. The van der Waals surface area contributed by atoms with Crippen LogP contribution in [0.5, 0.6) is 0 Å². The summed E-state index contributed by atoms with van der Waals surface area (Å²) in [6, 6.07) is 13.1. The first-order valence-corrected chi connectivity index (χ1v) is 9.93. The molecule has 1 aliphatic rings. The van der Waals surface area contributed by atoms with E-state index in [1.165, 1.54) is 42.4 Å². The number of hydrogen-bond donors (Lipinski definition) is 1. The van der Waals surface area contributed by atoms with Gasteiger partial charge >= 0.3 is 0 Å². The van der Waals surface area contributed by atoms with Crippen molar-refractivity contribution in [1.29, 1.82) is 0 Å². The Kier molecular flexibility index (Phi) is 6.45. The van der Waals surface area contributed by atoms with E-state index in [0.29, 0.717) is 11.3 Å². The average Bonchev–Trinajstić information content (AvgIpc) is 2.68. The van der Waals surface area contributed by atoms with Crippen molar-refractivity contribution in [3.63, 3.8) is 0 Å². The molecule has 1 N–H and O–H groups in total. The van der Waals surface area contributed by atoms with Crippen molar-refractivity contribution >= 4 is 29.1 Å². The van der Waals surface area contributed by atoms with Crippen LogP contribution >= 0.6 is 11.8 Å². The number of anilines is 1. The molecule has 0 unspecified atom stereocenters. The lowest BCUT2D eigenvalue weighted by atomic mass is 9.88. The Labute approximate surface area is 157 Å². The van der Waals surface area contributed by atoms with Crippen molar-refractivity contribution in [3.05, 3.63) is 59.9 Å². The number of thioether (sulfide) groups is 1. The number of rotatable bonds is 6. The zero-order chi connectivity index (χ0) is 18.4. The third kappa shape index (κ3) is 5.18. The summed E-state index contributed by atoms with van der Waals surface area (Å²) in [5.74, 6) is 0.145. The fourth-order valence-electron chi connectivity index (χ4n) is 3.11. The minimum atomic E-state index is -0.347. The van der Waals surface area contributed by atoms with E-state index in [-0.39, 0.29) is 23.4 Å². The molecule has 26 heavy (non-hydrogen) atoms. The Morgan fingerprint density at radius 3 is 2.27 bits per heavy atom. The van der Waals surface area contributed by atoms with E-state index >= 15 is 0 Å². The van der Waals surface area contributed by atoms with Gasteiger partial charge in [0.05, 0.1) is 5.75 Å². The molecule has 1 fully saturated rings. The van der Waals surface area contributed by atoms with Gasteiger partial charge in [-0.3, -0.25) is 9.59 Å². The fourth-order valence-corrected chi connectivity index (χ4v) is 3.90. The Balaban J connectivity index is 1.50. The Morgan fingerprint density at radius 1 is 0.962 bits per heavy atom. The van der Waals surface area contributed by atoms with Gasteiger partial charge in [-0.25, -0.2) is 4.39 Å². The summed E-state index contributed by atoms with van der Waals surface area (Å²) in [4.78, 5) is 25.3. The molecule has 1 amide bonds. The number of benzene rings is 2. The molecule has 0 aromatic heterocycles. The van der Waals surface area contributed by atoms with Crippen LogP contribution in [0.15, 0.2) is 53.4 Å². The quantitative estimate of drug-likeness (QED) is 0.552. The van der Waals surface area contributed by atoms with Gasteiger partial charge in [-0.2, -0.15) is 0 Å². The lowest BCUT2D eigenvalue weighted by Gasteiger charge is -2.20. The largest absolute Gasteiger partial charge is 0.326 e. The molecule has 1 saturated carbocycles. The summed E-state index contributed by atoms with van der Waals surface area (Å²) >= 11 is 1.43. The van der Waals surface area contributed by atoms with Crippen LogP contribution in [0.25, 0.3) is 0 Å². The maximum absolute atomic E-state index is 12.9. The molecule has 136 valence electrons. The van der Waals surface area contributed by atoms with Crippen molar-refractivity contribution in [3.8, 4) is 0 Å². The van der Waals surface area contributed by atoms with Crippen LogP contribution < -0.4 is 5.32 Å². The number of carbonyl (C=O) groups is 2. The third-order valence-corrected chi connectivity index (χ3v) is 5.65. The fraction of sp³-hybridized carbons (Fsp3) is 0.333. The van der Waals surface area contributed by atoms with Crippen LogP contribution in [0.3, 0.4) is 0 Å². The first kappa shape index (κ1) is 18.6. The van der Waals surface area contributed by atoms with Crippen molar-refractivity contribution < 1.29 is 14.0 Å². The summed E-state index contributed by atoms with van der Waals surface area (Å²) in [7, 11) is 0. The van der Waals surface area contributed by atoms with Crippen LogP contribution in [0.4, 0.5) is 10.1 Å². The molecular formula is C21H22FNO2S. The highest BCUT2D eigenvalue weighted by Gasteiger charge is 2.20. The number of carbonyl (C=O) groups excluding carboxylic acids is 2. The van der Waals surface area contributed by atoms with Gasteiger partial charge in [-0.15, -0.1) is 11.8 Å². The summed E-state index contributed by atoms with van der Waals surface area (Å²) < 4.78 is 12.9. The molecular weight excluding hydrogens is 349 g/mol. The van der Waals surface area contributed by atoms with Gasteiger partial charge < -0.3 is 5.32 Å². The van der Waals surface area contributed by atoms with Crippen LogP contribution in [0.1, 0.15) is 42.5 Å². The first-order valence-electron chi connectivity index (χ1n) is 8.94. The molecule has 3 nitrogen and oxygen atoms in total. The van der Waals surface area contributed by atoms with E-state index in [1.54, 1.807) is 0 Å². The van der Waals surface area contributed by atoms with Gasteiger partial charge in [0.1, 0.15) is 5.82 Å². The standard InChI is InChI=1S/C21H22FNO2S/c22-17-8-6-15(7-9-17)20(24)14-26-19-12-10-18(11-13-19)23-21(25)16-4-2-1-3-5-16/h6-13,16H,1-5,14H2,(H,23,25). The lowest BCUT2D eigenvalue weighted by Crippen LogP contribution is -2.24. The molecule has 0 bridgehead atoms. The van der Waals surface area contributed by atoms with Crippen molar-refractivity contribution in [2.75, 3.05) is 11.1 Å². The van der Waals surface area contributed by atoms with Gasteiger partial charge in [-0.1, -0.05) is 19.3 Å². The number of hydrogen-bond acceptors (Lipinski definition) is 3. The molecule has 1 aliphatic carbocycles. The van der Waals surface area contributed by atoms with Crippen LogP contribution in [-0.4, -0.2) is 17.4 Å². The molecule has 0 aliphatic heterocycles. The normalized spacial score (nSPS) is 14.8. The van der Waals surface area contributed by atoms with Crippen LogP contribution in [0.2, 0.25) is 0 Å². The maximum Gasteiger partial charge on any atom is 0.227 e. The van der Waals surface area contributed by atoms with Gasteiger partial charge in [-0.05, 0) is 61.4 Å². The van der Waals surface area contributed by atoms with E-state index in [0.717, 1.165) is 36.3 Å². The topological polar surface area (TPSA) is 46.2 Å². The number of amides is 1. The Morgan fingerprint density at radius 2 is 1.62 bits per heavy atom. The van der Waals surface area contributed by atoms with E-state index in [2.05, 4.69) is 5.32 Å². The highest BCUT2D eigenvalue weighted by molar-refractivity contribution is 8.00. The second kappa shape index (κ2) is 8.99. The van der Waals surface area contributed by atoms with E-state index in [4.69, 9.17) is 0 Å². The zero-order valence-electron chi connectivity index (χ0n) is 14.5. The summed E-state index contributed by atoms with van der Waals surface area (Å²) in [5.41, 5.74) is 1.30. The predicted octanol–water partition coefficient (Wildman–Crippen LogP) is 5.32. The monoisotopic (exact) mass is 371 g/mol. The summed E-state index contributed by atoms with van der Waals surface area (Å²) in [6.07, 6.45) is 5.45. The molecule has 2 aromatic rings. The predicted molar refractivity (Wildman–Crippen MR) is 103 cm³/mol. The van der Waals surface area contributed by atoms with Crippen molar-refractivity contribution in [2.24, 2.45) is 5.92 Å². The molecule has 2 aromatic carbocycles. The SMILES string of the molecule is O=C(CSc1ccc(NC(=O)C2CCCCC2)cc1)c1ccc(F)cc1. The number of nitrogens with one attached hydrogen (secondary N) is 1. The van der Waals surface area contributed by atoms with Gasteiger partial charge in [0.15, 0.2) is 5.78 Å². The number of Topliss-reactive ketones (excluding diaryl/α,β-unsaturated/α-hetero) is 1. The minimum absolute atomic E-state index is 0.0373. The molecule has 0 heterocycles. The van der Waals surface area contributed by atoms with Crippen molar-refractivity contribution in [2.45, 2.75) is 37.0 Å². The highest BCUT2D eigenvalue weighted by Crippen LogP contribution is 2.26. The Bertz CT molecular complexity index is 753. The molecule has 0 spiro atoms. The molecule has 5 heteroatoms. The summed E-state index contributed by atoms with van der Waals surface area (Å²) in [6.45, 7) is 0. The second-order valence-electron chi connectivity index (χ2n) is 6.57. The number of halogens is 1. The third-order valence-electron chi connectivity index (χ3n) is 4.63. The molecule has 3 rings (SSSR count). The van der Waals surface area contributed by atoms with Crippen LogP contribution in [-0.2, 0) is 4.79 Å². The average molecular weight is 371 g/mol. The second-order valence-corrected chi connectivity index (χ2v) is 7.62. The molecule has 0 atom stereocenters. The van der Waals surface area contributed by atoms with E-state index < -0.39 is 0 Å². The van der Waals surface area contributed by atoms with Gasteiger partial charge in [0.2, 0.25) is 5.91 Å². The van der Waals surface area contributed by atoms with E-state index in [9.17, 15) is 14.0 Å². The van der Waals surface area contributed by atoms with Gasteiger partial charge in [0, 0.05) is 22.1 Å². The maximum atomic E-state index is 12.9. The van der Waals surface area contributed by atoms with Gasteiger partial charge in [0.25, 0.3) is 0 Å². The lowest BCUT2D eigenvalue weighted by molar-refractivity contribution is -0.120. The van der Waals surface area contributed by atoms with E-state index in [1.807, 2.05) is 24.3 Å². The number of ketones is 1. The minimum Gasteiger partial charge on any atom is -0.326 e. The first-order chi connectivity index (χ1) is 12.6. The molecule has 0 saturated heterocycles. The summed E-state index contributed by atoms with van der Waals surface area (Å²) in [5, 5.41) is 2.98.